The van der Waals surface area contributed by atoms with Crippen molar-refractivity contribution >= 4 is 0 Å². The topological polar surface area (TPSA) is 38.7 Å². The van der Waals surface area contributed by atoms with Gasteiger partial charge in [0, 0.05) is 32.7 Å². The number of hydrogen-bond donors (Lipinski definition) is 1. The minimum absolute atomic E-state index is 0.0279. The van der Waals surface area contributed by atoms with E-state index < -0.39 is 11.2 Å². The fraction of sp³-hybridized carbons (Fsp3) is 0.750. The van der Waals surface area contributed by atoms with Gasteiger partial charge in [-0.1, -0.05) is 24.6 Å². The summed E-state index contributed by atoms with van der Waals surface area (Å²) in [6.07, 6.45) is 3.86. The SMILES string of the molecule is C=C[C@@]1(O)[C@@H]2C=C(C)[C@@H]([C@H](COC)[C@H]2C)[C@@]1(C)OC. The Morgan fingerprint density at radius 1 is 1.47 bits per heavy atom. The third kappa shape index (κ3) is 1.68. The first-order chi connectivity index (χ1) is 8.87. The van der Waals surface area contributed by atoms with Crippen LogP contribution in [-0.4, -0.2) is 37.1 Å². The third-order valence-electron chi connectivity index (χ3n) is 5.59. The largest absolute Gasteiger partial charge is 0.384 e. The molecule has 0 aromatic rings. The molecule has 3 nitrogen and oxygen atoms in total. The molecule has 0 spiro atoms. The molecule has 6 atom stereocenters. The molecule has 1 saturated carbocycles. The maximum absolute atomic E-state index is 11.1. The highest BCUT2D eigenvalue weighted by Gasteiger charge is 2.65. The molecule has 0 unspecified atom stereocenters. The predicted molar refractivity (Wildman–Crippen MR) is 75.8 cm³/mol. The van der Waals surface area contributed by atoms with E-state index in [0.717, 1.165) is 0 Å². The normalized spacial score (nSPS) is 49.1. The lowest BCUT2D eigenvalue weighted by Crippen LogP contribution is -2.70. The summed E-state index contributed by atoms with van der Waals surface area (Å²) < 4.78 is 11.2. The lowest BCUT2D eigenvalue weighted by atomic mass is 9.48. The molecule has 3 rings (SSSR count). The van der Waals surface area contributed by atoms with Gasteiger partial charge in [-0.05, 0) is 25.7 Å². The van der Waals surface area contributed by atoms with E-state index in [1.807, 2.05) is 6.92 Å². The van der Waals surface area contributed by atoms with Gasteiger partial charge in [0.15, 0.2) is 0 Å². The Morgan fingerprint density at radius 2 is 2.11 bits per heavy atom. The molecular weight excluding hydrogens is 240 g/mol. The summed E-state index contributed by atoms with van der Waals surface area (Å²) >= 11 is 0. The highest BCUT2D eigenvalue weighted by atomic mass is 16.5. The van der Waals surface area contributed by atoms with Crippen molar-refractivity contribution in [3.05, 3.63) is 24.3 Å². The van der Waals surface area contributed by atoms with Crippen LogP contribution in [0, 0.1) is 23.7 Å². The van der Waals surface area contributed by atoms with Crippen LogP contribution < -0.4 is 0 Å². The molecule has 3 heteroatoms. The summed E-state index contributed by atoms with van der Waals surface area (Å²) in [4.78, 5) is 0. The minimum Gasteiger partial charge on any atom is -0.384 e. The molecule has 2 bridgehead atoms. The first-order valence-electron chi connectivity index (χ1n) is 6.95. The Morgan fingerprint density at radius 3 is 2.58 bits per heavy atom. The Labute approximate surface area is 116 Å². The number of rotatable bonds is 4. The average Bonchev–Trinajstić information content (AvgIpc) is 2.39. The molecule has 0 aromatic carbocycles. The second-order valence-corrected chi connectivity index (χ2v) is 6.23. The number of fused-ring (bicyclic) bond motifs is 2. The Balaban J connectivity index is 2.57. The molecule has 108 valence electrons. The summed E-state index contributed by atoms with van der Waals surface area (Å²) in [6, 6.07) is 0. The molecule has 0 aromatic heterocycles. The van der Waals surface area contributed by atoms with Crippen LogP contribution in [0.5, 0.6) is 0 Å². The highest BCUT2D eigenvalue weighted by molar-refractivity contribution is 5.35. The Bertz CT molecular complexity index is 403. The molecule has 0 aliphatic heterocycles. The van der Waals surface area contributed by atoms with Gasteiger partial charge in [0.05, 0.1) is 0 Å². The van der Waals surface area contributed by atoms with Crippen molar-refractivity contribution in [3.8, 4) is 0 Å². The van der Waals surface area contributed by atoms with Gasteiger partial charge < -0.3 is 14.6 Å². The maximum Gasteiger partial charge on any atom is 0.118 e. The standard InChI is InChI=1S/C16H26O3/c1-7-16(17)13-8-10(2)14(15(16,4)19-6)12(9-18-5)11(13)3/h7-8,11-14,17H,1,9H2,2-6H3/t11-,12-,13-,14+,15-,16-/m1/s1. The highest BCUT2D eigenvalue weighted by Crippen LogP contribution is 2.59. The summed E-state index contributed by atoms with van der Waals surface area (Å²) in [5.74, 6) is 0.894. The molecular formula is C16H26O3. The van der Waals surface area contributed by atoms with Crippen molar-refractivity contribution < 1.29 is 14.6 Å². The first kappa shape index (κ1) is 14.8. The molecule has 3 aliphatic carbocycles. The monoisotopic (exact) mass is 266 g/mol. The van der Waals surface area contributed by atoms with Crippen LogP contribution in [0.15, 0.2) is 24.3 Å². The summed E-state index contributed by atoms with van der Waals surface area (Å²) in [7, 11) is 3.41. The van der Waals surface area contributed by atoms with Gasteiger partial charge in [-0.2, -0.15) is 0 Å². The van der Waals surface area contributed by atoms with E-state index in [2.05, 4.69) is 26.5 Å². The van der Waals surface area contributed by atoms with Crippen LogP contribution in [0.25, 0.3) is 0 Å². The predicted octanol–water partition coefficient (Wildman–Crippen LogP) is 2.41. The van der Waals surface area contributed by atoms with Gasteiger partial charge in [0.1, 0.15) is 11.2 Å². The maximum atomic E-state index is 11.1. The van der Waals surface area contributed by atoms with Crippen molar-refractivity contribution in [3.63, 3.8) is 0 Å². The van der Waals surface area contributed by atoms with E-state index in [1.165, 1.54) is 5.57 Å². The zero-order valence-corrected chi connectivity index (χ0v) is 12.6. The number of ether oxygens (including phenoxy) is 2. The van der Waals surface area contributed by atoms with Gasteiger partial charge in [0.2, 0.25) is 0 Å². The van der Waals surface area contributed by atoms with E-state index in [-0.39, 0.29) is 11.8 Å². The first-order valence-corrected chi connectivity index (χ1v) is 6.95. The molecule has 19 heavy (non-hydrogen) atoms. The Hall–Kier alpha value is -0.640. The summed E-state index contributed by atoms with van der Waals surface area (Å²) in [6.45, 7) is 10.9. The quantitative estimate of drug-likeness (QED) is 0.794. The second kappa shape index (κ2) is 4.72. The fourth-order valence-electron chi connectivity index (χ4n) is 4.47. The number of methoxy groups -OCH3 is 2. The van der Waals surface area contributed by atoms with Crippen molar-refractivity contribution in [2.24, 2.45) is 23.7 Å². The second-order valence-electron chi connectivity index (χ2n) is 6.23. The zero-order chi connectivity index (χ0) is 14.4. The molecule has 1 N–H and O–H groups in total. The molecule has 3 aliphatic rings. The van der Waals surface area contributed by atoms with Crippen molar-refractivity contribution in [1.29, 1.82) is 0 Å². The lowest BCUT2D eigenvalue weighted by Gasteiger charge is -2.62. The number of aliphatic hydroxyl groups is 1. The zero-order valence-electron chi connectivity index (χ0n) is 12.6. The van der Waals surface area contributed by atoms with Crippen LogP contribution in [-0.2, 0) is 9.47 Å². The van der Waals surface area contributed by atoms with Crippen LogP contribution >= 0.6 is 0 Å². The van der Waals surface area contributed by atoms with Gasteiger partial charge in [0.25, 0.3) is 0 Å². The van der Waals surface area contributed by atoms with E-state index in [9.17, 15) is 5.11 Å². The van der Waals surface area contributed by atoms with Crippen molar-refractivity contribution in [1.82, 2.24) is 0 Å². The molecule has 1 fully saturated rings. The summed E-state index contributed by atoms with van der Waals surface area (Å²) in [5, 5.41) is 11.1. The van der Waals surface area contributed by atoms with Gasteiger partial charge in [-0.25, -0.2) is 0 Å². The lowest BCUT2D eigenvalue weighted by molar-refractivity contribution is -0.235. The van der Waals surface area contributed by atoms with Crippen LogP contribution in [0.4, 0.5) is 0 Å². The van der Waals surface area contributed by atoms with Crippen LogP contribution in [0.3, 0.4) is 0 Å². The van der Waals surface area contributed by atoms with Gasteiger partial charge in [-0.15, -0.1) is 6.58 Å². The van der Waals surface area contributed by atoms with Crippen LogP contribution in [0.1, 0.15) is 20.8 Å². The molecule has 0 amide bonds. The van der Waals surface area contributed by atoms with Gasteiger partial charge in [-0.3, -0.25) is 0 Å². The Kier molecular flexibility index (Phi) is 3.67. The van der Waals surface area contributed by atoms with E-state index in [0.29, 0.717) is 18.4 Å². The third-order valence-corrected chi connectivity index (χ3v) is 5.59. The fourth-order valence-corrected chi connectivity index (χ4v) is 4.47. The smallest absolute Gasteiger partial charge is 0.118 e. The van der Waals surface area contributed by atoms with Crippen molar-refractivity contribution in [2.75, 3.05) is 20.8 Å². The minimum atomic E-state index is -1.02. The molecule has 0 heterocycles. The van der Waals surface area contributed by atoms with E-state index in [1.54, 1.807) is 20.3 Å². The van der Waals surface area contributed by atoms with Crippen molar-refractivity contribution in [2.45, 2.75) is 32.0 Å². The van der Waals surface area contributed by atoms with Gasteiger partial charge >= 0.3 is 0 Å². The van der Waals surface area contributed by atoms with E-state index >= 15 is 0 Å². The van der Waals surface area contributed by atoms with E-state index in [4.69, 9.17) is 9.47 Å². The molecule has 0 saturated heterocycles. The number of hydrogen-bond acceptors (Lipinski definition) is 3. The summed E-state index contributed by atoms with van der Waals surface area (Å²) in [5.41, 5.74) is -0.371. The van der Waals surface area contributed by atoms with Crippen LogP contribution in [0.2, 0.25) is 0 Å². The average molecular weight is 266 g/mol. The molecule has 0 radical (unpaired) electrons.